The number of anilines is 1. The number of carbonyl (C=O) groups excluding carboxylic acids is 1. The molecule has 0 radical (unpaired) electrons. The second kappa shape index (κ2) is 6.58. The minimum atomic E-state index is 0.110. The number of piperazine rings is 1. The zero-order chi connectivity index (χ0) is 18.1. The maximum absolute atomic E-state index is 11.5. The van der Waals surface area contributed by atoms with Crippen LogP contribution in [0.25, 0.3) is 17.0 Å². The molecule has 0 bridgehead atoms. The lowest BCUT2D eigenvalue weighted by atomic mass is 10.2. The highest BCUT2D eigenvalue weighted by atomic mass is 16.5. The van der Waals surface area contributed by atoms with Crippen LogP contribution in [-0.2, 0) is 4.79 Å². The summed E-state index contributed by atoms with van der Waals surface area (Å²) < 4.78 is 6.90. The molecule has 4 heterocycles. The van der Waals surface area contributed by atoms with E-state index in [1.54, 1.807) is 37.1 Å². The summed E-state index contributed by atoms with van der Waals surface area (Å²) in [6, 6.07) is 5.54. The maximum Gasteiger partial charge on any atom is 0.231 e. The van der Waals surface area contributed by atoms with Gasteiger partial charge in [-0.2, -0.15) is 0 Å². The Labute approximate surface area is 150 Å². The van der Waals surface area contributed by atoms with Crippen LogP contribution in [0.5, 0.6) is 5.88 Å². The molecule has 9 nitrogen and oxygen atoms in total. The van der Waals surface area contributed by atoms with Crippen molar-refractivity contribution in [2.24, 2.45) is 0 Å². The number of aromatic nitrogens is 5. The molecule has 0 unspecified atom stereocenters. The van der Waals surface area contributed by atoms with E-state index in [0.717, 1.165) is 35.9 Å². The molecule has 0 saturated carbocycles. The van der Waals surface area contributed by atoms with Crippen molar-refractivity contribution in [2.75, 3.05) is 38.2 Å². The molecule has 9 heteroatoms. The molecule has 134 valence electrons. The van der Waals surface area contributed by atoms with Gasteiger partial charge < -0.3 is 14.5 Å². The first-order valence-electron chi connectivity index (χ1n) is 8.37. The molecule has 0 aromatic carbocycles. The molecular formula is C17H19N7O2. The number of hydrogen-bond acceptors (Lipinski definition) is 7. The van der Waals surface area contributed by atoms with Gasteiger partial charge in [-0.3, -0.25) is 4.79 Å². The zero-order valence-electron chi connectivity index (χ0n) is 14.7. The highest BCUT2D eigenvalue weighted by Gasteiger charge is 2.20. The van der Waals surface area contributed by atoms with Crippen molar-refractivity contribution in [3.8, 4) is 17.3 Å². The Morgan fingerprint density at radius 1 is 1.12 bits per heavy atom. The Hall–Kier alpha value is -3.23. The molecule has 4 rings (SSSR count). The van der Waals surface area contributed by atoms with Crippen molar-refractivity contribution in [3.05, 3.63) is 30.7 Å². The number of rotatable bonds is 3. The van der Waals surface area contributed by atoms with Gasteiger partial charge >= 0.3 is 0 Å². The summed E-state index contributed by atoms with van der Waals surface area (Å²) in [7, 11) is 1.58. The van der Waals surface area contributed by atoms with Crippen LogP contribution in [0, 0.1) is 0 Å². The highest BCUT2D eigenvalue weighted by Crippen LogP contribution is 2.23. The molecule has 0 N–H and O–H groups in total. The number of hydrogen-bond donors (Lipinski definition) is 0. The third-order valence-corrected chi connectivity index (χ3v) is 4.51. The predicted molar refractivity (Wildman–Crippen MR) is 95.0 cm³/mol. The number of fused-ring (bicyclic) bond motifs is 1. The van der Waals surface area contributed by atoms with Crippen LogP contribution in [0.2, 0.25) is 0 Å². The molecule has 0 atom stereocenters. The SMILES string of the molecule is COc1ccc2ncc(-c3cc(N4CCN(C(C)=O)CC4)ncn3)n2n1. The number of amides is 1. The summed E-state index contributed by atoms with van der Waals surface area (Å²) in [5, 5.41) is 4.42. The highest BCUT2D eigenvalue weighted by molar-refractivity contribution is 5.73. The fraction of sp³-hybridized carbons (Fsp3) is 0.353. The largest absolute Gasteiger partial charge is 0.480 e. The van der Waals surface area contributed by atoms with E-state index in [2.05, 4.69) is 25.0 Å². The van der Waals surface area contributed by atoms with Crippen LogP contribution < -0.4 is 9.64 Å². The monoisotopic (exact) mass is 353 g/mol. The van der Waals surface area contributed by atoms with Gasteiger partial charge in [-0.15, -0.1) is 5.10 Å². The van der Waals surface area contributed by atoms with Crippen LogP contribution in [0.1, 0.15) is 6.92 Å². The molecule has 0 spiro atoms. The lowest BCUT2D eigenvalue weighted by Crippen LogP contribution is -2.48. The summed E-state index contributed by atoms with van der Waals surface area (Å²) in [6.45, 7) is 4.49. The lowest BCUT2D eigenvalue weighted by molar-refractivity contribution is -0.129. The normalized spacial score (nSPS) is 14.7. The molecule has 1 fully saturated rings. The fourth-order valence-electron chi connectivity index (χ4n) is 3.05. The quantitative estimate of drug-likeness (QED) is 0.690. The van der Waals surface area contributed by atoms with Gasteiger partial charge in [-0.25, -0.2) is 19.5 Å². The number of methoxy groups -OCH3 is 1. The standard InChI is InChI=1S/C17H19N7O2/c1-12(25)22-5-7-23(8-6-22)16-9-13(19-11-20-16)14-10-18-15-3-4-17(26-2)21-24(14)15/h3-4,9-11H,5-8H2,1-2H3. The first-order chi connectivity index (χ1) is 12.7. The van der Waals surface area contributed by atoms with Crippen LogP contribution >= 0.6 is 0 Å². The van der Waals surface area contributed by atoms with Gasteiger partial charge in [0.2, 0.25) is 11.8 Å². The van der Waals surface area contributed by atoms with Gasteiger partial charge in [0.05, 0.1) is 19.0 Å². The van der Waals surface area contributed by atoms with Gasteiger partial charge in [0, 0.05) is 45.2 Å². The van der Waals surface area contributed by atoms with Crippen LogP contribution in [0.15, 0.2) is 30.7 Å². The average molecular weight is 353 g/mol. The van der Waals surface area contributed by atoms with Crippen molar-refractivity contribution in [2.45, 2.75) is 6.92 Å². The van der Waals surface area contributed by atoms with E-state index in [1.807, 2.05) is 17.0 Å². The first kappa shape index (κ1) is 16.2. The fourth-order valence-corrected chi connectivity index (χ4v) is 3.05. The van der Waals surface area contributed by atoms with Crippen LogP contribution in [0.3, 0.4) is 0 Å². The minimum absolute atomic E-state index is 0.110. The van der Waals surface area contributed by atoms with Crippen molar-refractivity contribution >= 4 is 17.4 Å². The van der Waals surface area contributed by atoms with E-state index >= 15 is 0 Å². The summed E-state index contributed by atoms with van der Waals surface area (Å²) in [5.41, 5.74) is 2.22. The topological polar surface area (TPSA) is 88.8 Å². The summed E-state index contributed by atoms with van der Waals surface area (Å²) in [5.74, 6) is 1.45. The molecule has 1 saturated heterocycles. The van der Waals surface area contributed by atoms with Crippen molar-refractivity contribution in [1.82, 2.24) is 29.5 Å². The van der Waals surface area contributed by atoms with E-state index < -0.39 is 0 Å². The zero-order valence-corrected chi connectivity index (χ0v) is 14.7. The minimum Gasteiger partial charge on any atom is -0.480 e. The third kappa shape index (κ3) is 2.92. The number of carbonyl (C=O) groups is 1. The number of nitrogens with zero attached hydrogens (tertiary/aromatic N) is 7. The van der Waals surface area contributed by atoms with E-state index in [4.69, 9.17) is 4.74 Å². The molecule has 1 aliphatic rings. The molecule has 26 heavy (non-hydrogen) atoms. The Balaban J connectivity index is 1.63. The predicted octanol–water partition coefficient (Wildman–Crippen LogP) is 0.863. The molecule has 1 amide bonds. The molecule has 0 aliphatic carbocycles. The summed E-state index contributed by atoms with van der Waals surface area (Å²) in [4.78, 5) is 28.6. The van der Waals surface area contributed by atoms with Crippen LogP contribution in [-0.4, -0.2) is 68.7 Å². The van der Waals surface area contributed by atoms with Crippen LogP contribution in [0.4, 0.5) is 5.82 Å². The lowest BCUT2D eigenvalue weighted by Gasteiger charge is -2.34. The molecule has 1 aliphatic heterocycles. The second-order valence-electron chi connectivity index (χ2n) is 6.04. The maximum atomic E-state index is 11.5. The second-order valence-corrected chi connectivity index (χ2v) is 6.04. The molecule has 3 aromatic heterocycles. The van der Waals surface area contributed by atoms with E-state index in [9.17, 15) is 4.79 Å². The first-order valence-corrected chi connectivity index (χ1v) is 8.37. The Bertz CT molecular complexity index is 947. The Kier molecular flexibility index (Phi) is 4.11. The number of imidazole rings is 1. The number of ether oxygens (including phenoxy) is 1. The van der Waals surface area contributed by atoms with Gasteiger partial charge in [-0.1, -0.05) is 0 Å². The molecule has 3 aromatic rings. The van der Waals surface area contributed by atoms with E-state index in [0.29, 0.717) is 19.0 Å². The Morgan fingerprint density at radius 2 is 1.92 bits per heavy atom. The van der Waals surface area contributed by atoms with Crippen molar-refractivity contribution < 1.29 is 9.53 Å². The van der Waals surface area contributed by atoms with Crippen molar-refractivity contribution in [3.63, 3.8) is 0 Å². The molecular weight excluding hydrogens is 334 g/mol. The smallest absolute Gasteiger partial charge is 0.231 e. The third-order valence-electron chi connectivity index (χ3n) is 4.51. The van der Waals surface area contributed by atoms with Gasteiger partial charge in [0.1, 0.15) is 17.8 Å². The van der Waals surface area contributed by atoms with Gasteiger partial charge in [0.15, 0.2) is 5.65 Å². The van der Waals surface area contributed by atoms with Gasteiger partial charge in [0.25, 0.3) is 0 Å². The van der Waals surface area contributed by atoms with E-state index in [-0.39, 0.29) is 5.91 Å². The van der Waals surface area contributed by atoms with Crippen molar-refractivity contribution in [1.29, 1.82) is 0 Å². The summed E-state index contributed by atoms with van der Waals surface area (Å²) in [6.07, 6.45) is 3.28. The average Bonchev–Trinajstić information content (AvgIpc) is 3.11. The summed E-state index contributed by atoms with van der Waals surface area (Å²) >= 11 is 0. The van der Waals surface area contributed by atoms with E-state index in [1.165, 1.54) is 0 Å². The Morgan fingerprint density at radius 3 is 2.65 bits per heavy atom. The van der Waals surface area contributed by atoms with Gasteiger partial charge in [-0.05, 0) is 6.07 Å².